The molecule has 0 aliphatic carbocycles. The van der Waals surface area contributed by atoms with Crippen molar-refractivity contribution >= 4 is 41.4 Å². The topological polar surface area (TPSA) is 25.8 Å². The van der Waals surface area contributed by atoms with Gasteiger partial charge in [-0.15, -0.1) is 8.85 Å². The zero-order valence-corrected chi connectivity index (χ0v) is 17.4. The van der Waals surface area contributed by atoms with E-state index in [-0.39, 0.29) is 0 Å². The van der Waals surface area contributed by atoms with Crippen LogP contribution >= 0.6 is 0 Å². The minimum absolute atomic E-state index is 0.434. The standard InChI is InChI=1S/C16H18N2.2Al.4H/c1-11(2)14-10-15(12(3)4)18-16(17-14)13-8-6-5-7-9-13;;;;;;/h5,8-12H,1-4H3;;;;;;. The van der Waals surface area contributed by atoms with Crippen molar-refractivity contribution in [3.8, 4) is 11.4 Å². The molecule has 0 spiro atoms. The van der Waals surface area contributed by atoms with Gasteiger partial charge in [0.1, 0.15) is 0 Å². The predicted molar refractivity (Wildman–Crippen MR) is 92.0 cm³/mol. The first-order valence-corrected chi connectivity index (χ1v) is 9.34. The summed E-state index contributed by atoms with van der Waals surface area (Å²) in [6, 6.07) is 8.96. The molecule has 0 saturated carbocycles. The monoisotopic (exact) mass is 296 g/mol. The summed E-state index contributed by atoms with van der Waals surface area (Å²) in [7, 11) is 0. The van der Waals surface area contributed by atoms with E-state index in [2.05, 4.69) is 52.0 Å². The largest absolute Gasteiger partial charge is 0.258 e. The van der Waals surface area contributed by atoms with Gasteiger partial charge in [-0.3, -0.25) is 0 Å². The van der Waals surface area contributed by atoms with E-state index < -0.39 is 0 Å². The zero-order valence-electron chi connectivity index (χ0n) is 13.4. The summed E-state index contributed by atoms with van der Waals surface area (Å²) in [5, 5.41) is 0. The minimum Gasteiger partial charge on any atom is -0.233 e. The fraction of sp³-hybridized carbons (Fsp3) is 0.375. The number of benzene rings is 1. The summed E-state index contributed by atoms with van der Waals surface area (Å²) < 4.78 is 2.86. The van der Waals surface area contributed by atoms with E-state index in [4.69, 9.17) is 9.97 Å². The van der Waals surface area contributed by atoms with Crippen LogP contribution in [-0.4, -0.2) is 42.5 Å². The van der Waals surface area contributed by atoms with E-state index in [1.54, 1.807) is 0 Å². The molecule has 0 aliphatic heterocycles. The molecule has 0 N–H and O–H groups in total. The van der Waals surface area contributed by atoms with E-state index in [1.807, 2.05) is 0 Å². The second-order valence-electron chi connectivity index (χ2n) is 6.23. The van der Waals surface area contributed by atoms with Gasteiger partial charge in [-0.1, -0.05) is 45.9 Å². The maximum Gasteiger partial charge on any atom is 0.258 e. The lowest BCUT2D eigenvalue weighted by molar-refractivity contribution is 0.771. The molecule has 1 heterocycles. The van der Waals surface area contributed by atoms with Crippen LogP contribution in [0.4, 0.5) is 0 Å². The molecule has 1 aromatic heterocycles. The van der Waals surface area contributed by atoms with Crippen molar-refractivity contribution in [2.45, 2.75) is 39.5 Å². The van der Waals surface area contributed by atoms with E-state index in [9.17, 15) is 0 Å². The highest BCUT2D eigenvalue weighted by Crippen LogP contribution is 2.22. The smallest absolute Gasteiger partial charge is 0.233 e. The molecule has 0 radical (unpaired) electrons. The highest BCUT2D eigenvalue weighted by atomic mass is 27.1. The van der Waals surface area contributed by atoms with Crippen LogP contribution in [0.1, 0.15) is 50.9 Å². The van der Waals surface area contributed by atoms with E-state index >= 15 is 0 Å². The number of aromatic nitrogens is 2. The molecule has 0 unspecified atom stereocenters. The normalized spacial score (nSPS) is 11.3. The second-order valence-corrected chi connectivity index (χ2v) is 8.54. The molecule has 0 saturated heterocycles. The van der Waals surface area contributed by atoms with Crippen LogP contribution in [0.25, 0.3) is 11.4 Å². The van der Waals surface area contributed by atoms with Gasteiger partial charge in [0, 0.05) is 17.0 Å². The molecule has 0 fully saturated rings. The van der Waals surface area contributed by atoms with E-state index in [1.165, 1.54) is 14.4 Å². The van der Waals surface area contributed by atoms with E-state index in [0.717, 1.165) is 49.8 Å². The first-order valence-electron chi connectivity index (χ1n) is 7.34. The molecule has 2 rings (SSSR count). The quantitative estimate of drug-likeness (QED) is 0.787. The Bertz CT molecular complexity index is 575. The van der Waals surface area contributed by atoms with Crippen molar-refractivity contribution in [3.63, 3.8) is 0 Å². The highest BCUT2D eigenvalue weighted by molar-refractivity contribution is 6.38. The first kappa shape index (κ1) is 15.7. The zero-order chi connectivity index (χ0) is 14.9. The van der Waals surface area contributed by atoms with Gasteiger partial charge < -0.3 is 0 Å². The van der Waals surface area contributed by atoms with Gasteiger partial charge in [-0.25, -0.2) is 9.97 Å². The summed E-state index contributed by atoms with van der Waals surface area (Å²) in [5.41, 5.74) is 3.48. The average molecular weight is 296 g/mol. The molecular formula is C16H22Al2N2. The lowest BCUT2D eigenvalue weighted by Crippen LogP contribution is -2.14. The van der Waals surface area contributed by atoms with Gasteiger partial charge in [-0.05, 0) is 17.9 Å². The van der Waals surface area contributed by atoms with Crippen molar-refractivity contribution < 1.29 is 0 Å². The highest BCUT2D eigenvalue weighted by Gasteiger charge is 2.12. The average Bonchev–Trinajstić information content (AvgIpc) is 2.36. The van der Waals surface area contributed by atoms with Gasteiger partial charge >= 0.3 is 0 Å². The van der Waals surface area contributed by atoms with Crippen LogP contribution in [0.15, 0.2) is 24.3 Å². The lowest BCUT2D eigenvalue weighted by Gasteiger charge is -2.13. The molecule has 20 heavy (non-hydrogen) atoms. The summed E-state index contributed by atoms with van der Waals surface area (Å²) in [6.45, 7) is 8.77. The summed E-state index contributed by atoms with van der Waals surface area (Å²) >= 11 is 2.16. The molecule has 0 aliphatic rings. The third kappa shape index (κ3) is 3.72. The maximum absolute atomic E-state index is 4.79. The molecule has 0 bridgehead atoms. The van der Waals surface area contributed by atoms with Gasteiger partial charge in [-0.2, -0.15) is 0 Å². The molecule has 0 atom stereocenters. The summed E-state index contributed by atoms with van der Waals surface area (Å²) in [5.74, 6) is 1.77. The number of nitrogens with zero attached hydrogens (tertiary/aromatic N) is 2. The Balaban J connectivity index is 2.60. The first-order chi connectivity index (χ1) is 9.36. The van der Waals surface area contributed by atoms with Crippen molar-refractivity contribution in [1.82, 2.24) is 9.97 Å². The van der Waals surface area contributed by atoms with Gasteiger partial charge in [0.2, 0.25) is 0 Å². The third-order valence-electron chi connectivity index (χ3n) is 3.43. The van der Waals surface area contributed by atoms with Gasteiger partial charge in [0.15, 0.2) is 5.82 Å². The molecule has 2 aromatic rings. The van der Waals surface area contributed by atoms with Crippen molar-refractivity contribution in [3.05, 3.63) is 35.7 Å². The molecule has 0 amide bonds. The van der Waals surface area contributed by atoms with Crippen LogP contribution in [-0.2, 0) is 0 Å². The Kier molecular flexibility index (Phi) is 5.06. The number of rotatable bonds is 3. The lowest BCUT2D eigenvalue weighted by atomic mass is 10.0. The molecule has 102 valence electrons. The van der Waals surface area contributed by atoms with Crippen LogP contribution in [0.2, 0.25) is 0 Å². The number of hydrogen-bond acceptors (Lipinski definition) is 2. The van der Waals surface area contributed by atoms with Crippen LogP contribution in [0, 0.1) is 0 Å². The molecule has 1 aromatic carbocycles. The minimum atomic E-state index is 0.434. The Hall–Kier alpha value is -0.635. The van der Waals surface area contributed by atoms with Crippen LogP contribution in [0.3, 0.4) is 0 Å². The fourth-order valence-electron chi connectivity index (χ4n) is 2.31. The SMILES string of the molecule is CC(C)c1cc(C(C)C)nc(-c2c[c]([AlH2])c[c]([AlH2])c2)n1. The van der Waals surface area contributed by atoms with Crippen LogP contribution in [0.5, 0.6) is 0 Å². The molecular weight excluding hydrogens is 274 g/mol. The van der Waals surface area contributed by atoms with Crippen molar-refractivity contribution in [2.75, 3.05) is 0 Å². The van der Waals surface area contributed by atoms with Crippen molar-refractivity contribution in [2.24, 2.45) is 0 Å². The third-order valence-corrected chi connectivity index (χ3v) is 4.58. The Morgan fingerprint density at radius 3 is 1.60 bits per heavy atom. The Morgan fingerprint density at radius 2 is 1.20 bits per heavy atom. The van der Waals surface area contributed by atoms with E-state index in [0.29, 0.717) is 11.8 Å². The van der Waals surface area contributed by atoms with Gasteiger partial charge in [0.05, 0.1) is 0 Å². The Labute approximate surface area is 137 Å². The fourth-order valence-corrected chi connectivity index (χ4v) is 4.42. The predicted octanol–water partition coefficient (Wildman–Crippen LogP) is 0.907. The Morgan fingerprint density at radius 1 is 0.750 bits per heavy atom. The molecule has 4 heteroatoms. The number of hydrogen-bond donors (Lipinski definition) is 0. The van der Waals surface area contributed by atoms with Crippen LogP contribution < -0.4 is 8.85 Å². The second kappa shape index (κ2) is 6.42. The van der Waals surface area contributed by atoms with Crippen molar-refractivity contribution in [1.29, 1.82) is 0 Å². The maximum atomic E-state index is 4.79. The van der Waals surface area contributed by atoms with Gasteiger partial charge in [0.25, 0.3) is 32.6 Å². The summed E-state index contributed by atoms with van der Waals surface area (Å²) in [4.78, 5) is 9.58. The molecule has 2 nitrogen and oxygen atoms in total. The summed E-state index contributed by atoms with van der Waals surface area (Å²) in [6.07, 6.45) is 0.